The van der Waals surface area contributed by atoms with E-state index in [2.05, 4.69) is 10.0 Å². The van der Waals surface area contributed by atoms with Crippen molar-refractivity contribution in [3.05, 3.63) is 23.8 Å². The molecule has 1 atom stereocenters. The lowest BCUT2D eigenvalue weighted by atomic mass is 9.86. The molecule has 1 amide bonds. The van der Waals surface area contributed by atoms with Crippen molar-refractivity contribution < 1.29 is 21.6 Å². The second-order valence-electron chi connectivity index (χ2n) is 6.51. The molecule has 2 heterocycles. The van der Waals surface area contributed by atoms with Crippen molar-refractivity contribution in [3.63, 3.8) is 0 Å². The average Bonchev–Trinajstić information content (AvgIpc) is 2.87. The van der Waals surface area contributed by atoms with E-state index in [0.717, 1.165) is 0 Å². The van der Waals surface area contributed by atoms with Crippen LogP contribution >= 0.6 is 0 Å². The molecule has 2 aliphatic rings. The molecule has 1 aromatic carbocycles. The fourth-order valence-electron chi connectivity index (χ4n) is 2.89. The lowest BCUT2D eigenvalue weighted by Gasteiger charge is -2.17. The quantitative estimate of drug-likeness (QED) is 0.812. The average molecular weight is 358 g/mol. The summed E-state index contributed by atoms with van der Waals surface area (Å²) in [5.41, 5.74) is 0.407. The highest BCUT2D eigenvalue weighted by Gasteiger charge is 2.39. The molecule has 2 aliphatic heterocycles. The van der Waals surface area contributed by atoms with E-state index in [1.165, 1.54) is 12.1 Å². The summed E-state index contributed by atoms with van der Waals surface area (Å²) in [5.74, 6) is -0.365. The minimum absolute atomic E-state index is 0.00414. The minimum Gasteiger partial charge on any atom is -0.325 e. The van der Waals surface area contributed by atoms with Gasteiger partial charge in [-0.3, -0.25) is 4.79 Å². The molecule has 3 rings (SSSR count). The number of carbonyl (C=O) groups excluding carboxylic acids is 1. The van der Waals surface area contributed by atoms with Crippen LogP contribution in [0.3, 0.4) is 0 Å². The smallest absolute Gasteiger partial charge is 0.240 e. The molecule has 0 saturated carbocycles. The van der Waals surface area contributed by atoms with E-state index in [1.54, 1.807) is 19.9 Å². The number of anilines is 1. The van der Waals surface area contributed by atoms with E-state index in [0.29, 0.717) is 11.3 Å². The van der Waals surface area contributed by atoms with Gasteiger partial charge in [0.05, 0.1) is 21.8 Å². The third kappa shape index (κ3) is 2.88. The number of rotatable bonds is 3. The first-order valence-electron chi connectivity index (χ1n) is 7.20. The van der Waals surface area contributed by atoms with Crippen molar-refractivity contribution in [1.29, 1.82) is 0 Å². The molecule has 0 unspecified atom stereocenters. The number of hydrogen-bond acceptors (Lipinski definition) is 5. The zero-order valence-corrected chi connectivity index (χ0v) is 14.4. The molecule has 0 radical (unpaired) electrons. The van der Waals surface area contributed by atoms with Crippen molar-refractivity contribution in [2.75, 3.05) is 16.8 Å². The molecule has 7 nitrogen and oxygen atoms in total. The Morgan fingerprint density at radius 3 is 2.61 bits per heavy atom. The molecular formula is C14H18N2O5S2. The molecule has 9 heteroatoms. The molecule has 126 valence electrons. The number of sulfone groups is 1. The number of amides is 1. The van der Waals surface area contributed by atoms with Gasteiger partial charge in [-0.2, -0.15) is 0 Å². The van der Waals surface area contributed by atoms with Crippen molar-refractivity contribution in [2.24, 2.45) is 0 Å². The summed E-state index contributed by atoms with van der Waals surface area (Å²) in [6, 6.07) is 3.83. The lowest BCUT2D eigenvalue weighted by molar-refractivity contribution is -0.119. The van der Waals surface area contributed by atoms with Gasteiger partial charge in [0.25, 0.3) is 0 Å². The maximum Gasteiger partial charge on any atom is 0.240 e. The predicted octanol–water partition coefficient (Wildman–Crippen LogP) is 0.382. The molecule has 0 spiro atoms. The van der Waals surface area contributed by atoms with Crippen LogP contribution in [0.4, 0.5) is 5.69 Å². The van der Waals surface area contributed by atoms with E-state index in [1.807, 2.05) is 0 Å². The number of benzene rings is 1. The predicted molar refractivity (Wildman–Crippen MR) is 85.5 cm³/mol. The summed E-state index contributed by atoms with van der Waals surface area (Å²) in [6.45, 7) is 3.45. The maximum absolute atomic E-state index is 12.5. The Morgan fingerprint density at radius 2 is 2.00 bits per heavy atom. The molecule has 0 aliphatic carbocycles. The Balaban J connectivity index is 1.91. The second kappa shape index (κ2) is 5.02. The minimum atomic E-state index is -3.84. The van der Waals surface area contributed by atoms with Gasteiger partial charge in [-0.1, -0.05) is 0 Å². The van der Waals surface area contributed by atoms with Gasteiger partial charge >= 0.3 is 0 Å². The molecular weight excluding hydrogens is 340 g/mol. The van der Waals surface area contributed by atoms with Gasteiger partial charge in [-0.15, -0.1) is 0 Å². The topological polar surface area (TPSA) is 109 Å². The van der Waals surface area contributed by atoms with Gasteiger partial charge in [-0.05, 0) is 44.0 Å². The summed E-state index contributed by atoms with van der Waals surface area (Å²) >= 11 is 0. The van der Waals surface area contributed by atoms with E-state index in [4.69, 9.17) is 0 Å². The largest absolute Gasteiger partial charge is 0.325 e. The van der Waals surface area contributed by atoms with Crippen LogP contribution in [0.25, 0.3) is 0 Å². The summed E-state index contributed by atoms with van der Waals surface area (Å²) in [7, 11) is -7.00. The molecule has 1 aromatic rings. The van der Waals surface area contributed by atoms with Crippen LogP contribution in [-0.2, 0) is 30.1 Å². The van der Waals surface area contributed by atoms with Crippen molar-refractivity contribution in [3.8, 4) is 0 Å². The number of carbonyl (C=O) groups is 1. The van der Waals surface area contributed by atoms with Crippen LogP contribution in [0.5, 0.6) is 0 Å². The highest BCUT2D eigenvalue weighted by Crippen LogP contribution is 2.38. The van der Waals surface area contributed by atoms with Crippen LogP contribution in [0.2, 0.25) is 0 Å². The Hall–Kier alpha value is -1.45. The van der Waals surface area contributed by atoms with Crippen LogP contribution in [0.1, 0.15) is 25.8 Å². The van der Waals surface area contributed by atoms with Crippen LogP contribution in [0.15, 0.2) is 23.1 Å². The number of nitrogens with one attached hydrogen (secondary N) is 2. The monoisotopic (exact) mass is 358 g/mol. The summed E-state index contributed by atoms with van der Waals surface area (Å²) in [4.78, 5) is 12.0. The Bertz CT molecular complexity index is 888. The normalized spacial score (nSPS) is 25.1. The van der Waals surface area contributed by atoms with Crippen molar-refractivity contribution in [1.82, 2.24) is 4.72 Å². The third-order valence-corrected chi connectivity index (χ3v) is 7.63. The summed E-state index contributed by atoms with van der Waals surface area (Å²) in [5, 5.41) is 2.72. The Morgan fingerprint density at radius 1 is 1.30 bits per heavy atom. The van der Waals surface area contributed by atoms with Gasteiger partial charge in [-0.25, -0.2) is 21.6 Å². The van der Waals surface area contributed by atoms with E-state index < -0.39 is 31.3 Å². The number of hydrogen-bond donors (Lipinski definition) is 2. The van der Waals surface area contributed by atoms with Gasteiger partial charge in [0.2, 0.25) is 15.9 Å². The number of sulfonamides is 1. The van der Waals surface area contributed by atoms with Crippen molar-refractivity contribution in [2.45, 2.75) is 36.6 Å². The SMILES string of the molecule is CC1(C)C(=O)Nc2ccc(S(=O)(=O)N[C@H]3CCS(=O)(=O)C3)cc21. The number of fused-ring (bicyclic) bond motifs is 1. The zero-order chi connectivity index (χ0) is 17.0. The van der Waals surface area contributed by atoms with E-state index in [-0.39, 0.29) is 28.7 Å². The van der Waals surface area contributed by atoms with Gasteiger partial charge in [0, 0.05) is 11.7 Å². The third-order valence-electron chi connectivity index (χ3n) is 4.34. The van der Waals surface area contributed by atoms with Gasteiger partial charge < -0.3 is 5.32 Å². The summed E-state index contributed by atoms with van der Waals surface area (Å²) in [6.07, 6.45) is 0.276. The standard InChI is InChI=1S/C14H18N2O5S2/c1-14(2)11-7-10(3-4-12(11)15-13(14)17)23(20,21)16-9-5-6-22(18,19)8-9/h3-4,7,9,16H,5-6,8H2,1-2H3,(H,15,17)/t9-/m0/s1. The highest BCUT2D eigenvalue weighted by atomic mass is 32.2. The second-order valence-corrected chi connectivity index (χ2v) is 10.5. The fourth-order valence-corrected chi connectivity index (χ4v) is 5.97. The van der Waals surface area contributed by atoms with E-state index in [9.17, 15) is 21.6 Å². The first-order chi connectivity index (χ1) is 10.5. The molecule has 1 fully saturated rings. The Labute approximate surface area is 135 Å². The van der Waals surface area contributed by atoms with E-state index >= 15 is 0 Å². The molecule has 1 saturated heterocycles. The molecule has 0 bridgehead atoms. The lowest BCUT2D eigenvalue weighted by Crippen LogP contribution is -2.35. The fraction of sp³-hybridized carbons (Fsp3) is 0.500. The molecule has 0 aromatic heterocycles. The van der Waals surface area contributed by atoms with Crippen LogP contribution in [0, 0.1) is 0 Å². The maximum atomic E-state index is 12.5. The Kier molecular flexibility index (Phi) is 3.58. The first-order valence-corrected chi connectivity index (χ1v) is 10.5. The molecule has 2 N–H and O–H groups in total. The highest BCUT2D eigenvalue weighted by molar-refractivity contribution is 7.92. The van der Waals surface area contributed by atoms with Gasteiger partial charge in [0.15, 0.2) is 9.84 Å². The summed E-state index contributed by atoms with van der Waals surface area (Å²) < 4.78 is 50.3. The first kappa shape index (κ1) is 16.4. The van der Waals surface area contributed by atoms with Gasteiger partial charge in [0.1, 0.15) is 0 Å². The zero-order valence-electron chi connectivity index (χ0n) is 12.8. The van der Waals surface area contributed by atoms with Crippen molar-refractivity contribution >= 4 is 31.5 Å². The van der Waals surface area contributed by atoms with Crippen LogP contribution < -0.4 is 10.0 Å². The van der Waals surface area contributed by atoms with Crippen LogP contribution in [-0.4, -0.2) is 40.3 Å². The molecule has 23 heavy (non-hydrogen) atoms.